The largest absolute Gasteiger partial charge is 0.0995 e. The monoisotopic (exact) mass is 1020 g/mol. The molecule has 0 aliphatic carbocycles. The predicted molar refractivity (Wildman–Crippen MR) is 334 cm³/mol. The fourth-order valence-corrected chi connectivity index (χ4v) is 12.9. The summed E-state index contributed by atoms with van der Waals surface area (Å²) in [6.45, 7) is 27.8. The highest BCUT2D eigenvalue weighted by atomic mass is 32.1. The van der Waals surface area contributed by atoms with Crippen molar-refractivity contribution in [3.63, 3.8) is 0 Å². The average Bonchev–Trinajstić information content (AvgIpc) is 3.31. The molecule has 0 radical (unpaired) electrons. The quantitative estimate of drug-likeness (QED) is 0.0338. The summed E-state index contributed by atoms with van der Waals surface area (Å²) in [6, 6.07) is 0. The highest BCUT2D eigenvalue weighted by Crippen LogP contribution is 2.39. The van der Waals surface area contributed by atoms with Gasteiger partial charge in [-0.15, -0.1) is 0 Å². The lowest BCUT2D eigenvalue weighted by Gasteiger charge is -2.38. The lowest BCUT2D eigenvalue weighted by Crippen LogP contribution is -2.50. The van der Waals surface area contributed by atoms with E-state index in [1.807, 2.05) is 0 Å². The molecule has 0 amide bonds. The number of unbranched alkanes of at least 4 members (excludes halogenated alkanes) is 36. The molecule has 0 spiro atoms. The average molecular weight is 1030 g/mol. The molecule has 0 atom stereocenters. The third-order valence-corrected chi connectivity index (χ3v) is 16.7. The molecule has 0 fully saturated rings. The molecular weight excluding hydrogens is 909 g/mol. The number of hydrogen-bond donors (Lipinski definition) is 0. The van der Waals surface area contributed by atoms with E-state index in [-0.39, 0.29) is 0 Å². The molecule has 0 aromatic heterocycles. The topological polar surface area (TPSA) is 0 Å². The molecule has 0 aromatic rings. The van der Waals surface area contributed by atoms with Crippen molar-refractivity contribution in [2.24, 2.45) is 5.41 Å². The van der Waals surface area contributed by atoms with E-state index in [2.05, 4.69) is 54.0 Å². The molecule has 69 heavy (non-hydrogen) atoms. The first kappa shape index (κ1) is 68.3. The Bertz CT molecular complexity index is 1140. The van der Waals surface area contributed by atoms with Crippen LogP contribution in [-0.2, 0) is 0 Å². The Balaban J connectivity index is 6.08. The van der Waals surface area contributed by atoms with Crippen LogP contribution in [0.4, 0.5) is 0 Å². The Morgan fingerprint density at radius 3 is 0.507 bits per heavy atom. The molecule has 0 aromatic carbocycles. The van der Waals surface area contributed by atoms with E-state index < -0.39 is 5.41 Å². The van der Waals surface area contributed by atoms with Crippen molar-refractivity contribution in [1.29, 1.82) is 0 Å². The minimum atomic E-state index is -0.905. The second-order valence-corrected chi connectivity index (χ2v) is 23.8. The second kappa shape index (κ2) is 49.5. The zero-order valence-corrected chi connectivity index (χ0v) is 50.2. The van der Waals surface area contributed by atoms with Gasteiger partial charge in [-0.3, -0.25) is 0 Å². The molecule has 0 heterocycles. The molecule has 0 saturated carbocycles. The third kappa shape index (κ3) is 37.7. The normalized spacial score (nSPS) is 11.5. The molecule has 0 bridgehead atoms. The van der Waals surface area contributed by atoms with Gasteiger partial charge in [-0.25, -0.2) is 0 Å². The fourth-order valence-electron chi connectivity index (χ4n) is 10.2. The maximum absolute atomic E-state index is 6.66. The Morgan fingerprint density at radius 2 is 0.362 bits per heavy atom. The zero-order valence-electron chi connectivity index (χ0n) is 46.9. The van der Waals surface area contributed by atoms with Crippen molar-refractivity contribution in [2.45, 2.75) is 336 Å². The van der Waals surface area contributed by atoms with E-state index in [1.165, 1.54) is 253 Å². The Morgan fingerprint density at radius 1 is 0.232 bits per heavy atom. The van der Waals surface area contributed by atoms with Gasteiger partial charge in [0.2, 0.25) is 0 Å². The first-order valence-electron chi connectivity index (χ1n) is 30.3. The number of allylic oxidation sites excluding steroid dienone is 4. The van der Waals surface area contributed by atoms with Crippen LogP contribution in [0, 0.1) is 5.41 Å². The van der Waals surface area contributed by atoms with Gasteiger partial charge in [0, 0.05) is 45.1 Å². The smallest absolute Gasteiger partial charge is 0.0964 e. The fraction of sp³-hybridized carbons (Fsp3) is 0.815. The van der Waals surface area contributed by atoms with Crippen LogP contribution in [0.15, 0.2) is 48.6 Å². The van der Waals surface area contributed by atoms with Gasteiger partial charge in [-0.1, -0.05) is 356 Å². The molecule has 4 heteroatoms. The summed E-state index contributed by atoms with van der Waals surface area (Å²) >= 11 is 26.6. The van der Waals surface area contributed by atoms with Crippen LogP contribution in [0.3, 0.4) is 0 Å². The SMILES string of the molecule is C=C(CCCCCCCCCCCC)CC(=S)C(C(=S)CC(=C)CCCCCCCCCCCC)(C(=S)CC(=C)CCCCCCCCCCCC)C(=S)CC(=C)CCCCCCCCCCCC. The maximum Gasteiger partial charge on any atom is 0.0964 e. The second-order valence-electron chi connectivity index (χ2n) is 21.9. The standard InChI is InChI=1S/C65H116S4/c1-9-13-17-21-25-29-33-37-41-45-49-57(5)53-61(66)65(62(67)54-58(6)50-46-42-38-34-30-26-22-18-14-10-2,63(68)55-59(7)51-47-43-39-35-31-27-23-19-15-11-3)64(69)56-60(8)52-48-44-40-36-32-28-24-20-16-12-4/h5-56H2,1-4H3. The summed E-state index contributed by atoms with van der Waals surface area (Å²) in [7, 11) is 0. The summed E-state index contributed by atoms with van der Waals surface area (Å²) in [6.07, 6.45) is 59.5. The van der Waals surface area contributed by atoms with Crippen molar-refractivity contribution in [2.75, 3.05) is 0 Å². The molecule has 0 rings (SSSR count). The summed E-state index contributed by atoms with van der Waals surface area (Å²) in [5.41, 5.74) is 3.85. The van der Waals surface area contributed by atoms with Crippen molar-refractivity contribution in [3.8, 4) is 0 Å². The molecule has 0 aliphatic heterocycles. The van der Waals surface area contributed by atoms with Gasteiger partial charge in [0.25, 0.3) is 0 Å². The summed E-state index contributed by atoms with van der Waals surface area (Å²) in [5, 5.41) is 0. The van der Waals surface area contributed by atoms with Gasteiger partial charge >= 0.3 is 0 Å². The minimum Gasteiger partial charge on any atom is -0.0995 e. The van der Waals surface area contributed by atoms with Gasteiger partial charge in [0.05, 0.1) is 5.41 Å². The van der Waals surface area contributed by atoms with Crippen LogP contribution in [0.5, 0.6) is 0 Å². The first-order valence-corrected chi connectivity index (χ1v) is 31.9. The summed E-state index contributed by atoms with van der Waals surface area (Å²) < 4.78 is 0. The molecule has 0 unspecified atom stereocenters. The van der Waals surface area contributed by atoms with Gasteiger partial charge in [-0.05, 0) is 51.4 Å². The van der Waals surface area contributed by atoms with E-state index in [1.54, 1.807) is 0 Å². The minimum absolute atomic E-state index is 0.633. The zero-order chi connectivity index (χ0) is 51.1. The van der Waals surface area contributed by atoms with Crippen molar-refractivity contribution >= 4 is 68.3 Å². The van der Waals surface area contributed by atoms with Crippen molar-refractivity contribution in [1.82, 2.24) is 0 Å². The van der Waals surface area contributed by atoms with Gasteiger partial charge < -0.3 is 0 Å². The van der Waals surface area contributed by atoms with Gasteiger partial charge in [-0.2, -0.15) is 0 Å². The Kier molecular flexibility index (Phi) is 49.0. The number of hydrogen-bond acceptors (Lipinski definition) is 4. The van der Waals surface area contributed by atoms with E-state index in [4.69, 9.17) is 48.9 Å². The molecular formula is C65H116S4. The Hall–Kier alpha value is -0.680. The van der Waals surface area contributed by atoms with Crippen molar-refractivity contribution < 1.29 is 0 Å². The molecule has 400 valence electrons. The van der Waals surface area contributed by atoms with Crippen molar-refractivity contribution in [3.05, 3.63) is 48.6 Å². The highest BCUT2D eigenvalue weighted by molar-refractivity contribution is 7.86. The maximum atomic E-state index is 6.66. The lowest BCUT2D eigenvalue weighted by molar-refractivity contribution is 0.555. The van der Waals surface area contributed by atoms with Crippen LogP contribution < -0.4 is 0 Å². The number of thiocarbonyl (C=S) groups is 4. The van der Waals surface area contributed by atoms with E-state index in [0.29, 0.717) is 25.7 Å². The number of rotatable bonds is 56. The third-order valence-electron chi connectivity index (χ3n) is 14.9. The lowest BCUT2D eigenvalue weighted by atomic mass is 9.68. The Labute approximate surface area is 455 Å². The first-order chi connectivity index (χ1) is 33.5. The van der Waals surface area contributed by atoms with Crippen LogP contribution in [0.25, 0.3) is 0 Å². The van der Waals surface area contributed by atoms with Gasteiger partial charge in [0.1, 0.15) is 0 Å². The molecule has 0 nitrogen and oxygen atoms in total. The van der Waals surface area contributed by atoms with Crippen LogP contribution >= 0.6 is 48.9 Å². The van der Waals surface area contributed by atoms with E-state index in [0.717, 1.165) is 70.8 Å². The summed E-state index contributed by atoms with van der Waals surface area (Å²) in [5.74, 6) is 0. The summed E-state index contributed by atoms with van der Waals surface area (Å²) in [4.78, 5) is 3.46. The molecule has 0 aliphatic rings. The van der Waals surface area contributed by atoms with Gasteiger partial charge in [0.15, 0.2) is 0 Å². The molecule has 0 N–H and O–H groups in total. The van der Waals surface area contributed by atoms with Crippen LogP contribution in [0.1, 0.15) is 336 Å². The van der Waals surface area contributed by atoms with Crippen LogP contribution in [-0.4, -0.2) is 19.5 Å². The van der Waals surface area contributed by atoms with E-state index in [9.17, 15) is 0 Å². The van der Waals surface area contributed by atoms with Crippen LogP contribution in [0.2, 0.25) is 0 Å². The predicted octanol–water partition coefficient (Wildman–Crippen LogP) is 24.5. The molecule has 0 saturated heterocycles. The van der Waals surface area contributed by atoms with E-state index >= 15 is 0 Å². The highest BCUT2D eigenvalue weighted by Gasteiger charge is 2.46.